The van der Waals surface area contributed by atoms with Crippen molar-refractivity contribution in [3.63, 3.8) is 0 Å². The van der Waals surface area contributed by atoms with Crippen LogP contribution in [0.4, 0.5) is 0 Å². The van der Waals surface area contributed by atoms with Crippen molar-refractivity contribution in [1.29, 1.82) is 0 Å². The largest absolute Gasteiger partial charge is 1.00 e. The minimum atomic E-state index is -0.714. The molecule has 0 heterocycles. The molecule has 6 nitrogen and oxygen atoms in total. The maximum atomic E-state index is 11.5. The first-order valence-electron chi connectivity index (χ1n) is 10.8. The third kappa shape index (κ3) is 23.4. The molecule has 0 atom stereocenters. The van der Waals surface area contributed by atoms with E-state index in [1.54, 1.807) is 0 Å². The molecule has 0 unspecified atom stereocenters. The first-order chi connectivity index (χ1) is 13.1. The van der Waals surface area contributed by atoms with E-state index in [0.717, 1.165) is 19.3 Å². The summed E-state index contributed by atoms with van der Waals surface area (Å²) in [4.78, 5) is 26.2. The van der Waals surface area contributed by atoms with Gasteiger partial charge in [0.05, 0.1) is 0 Å². The van der Waals surface area contributed by atoms with Crippen LogP contribution < -0.4 is 41.0 Å². The first-order valence-corrected chi connectivity index (χ1v) is 10.8. The quantitative estimate of drug-likeness (QED) is 0.0898. The van der Waals surface area contributed by atoms with Crippen molar-refractivity contribution in [3.8, 4) is 0 Å². The van der Waals surface area contributed by atoms with Gasteiger partial charge in [-0.3, -0.25) is 4.79 Å². The number of hydrogen-bond acceptors (Lipinski definition) is 4. The van der Waals surface area contributed by atoms with Gasteiger partial charge in [-0.05, 0) is 6.42 Å². The van der Waals surface area contributed by atoms with E-state index in [4.69, 9.17) is 11.5 Å². The summed E-state index contributed by atoms with van der Waals surface area (Å²) in [7, 11) is 0. The second kappa shape index (κ2) is 22.7. The third-order valence-corrected chi connectivity index (χ3v) is 4.60. The van der Waals surface area contributed by atoms with E-state index in [2.05, 4.69) is 16.7 Å². The molecule has 0 saturated carbocycles. The summed E-state index contributed by atoms with van der Waals surface area (Å²) < 4.78 is 4.62. The molecule has 0 saturated heterocycles. The van der Waals surface area contributed by atoms with E-state index < -0.39 is 11.9 Å². The minimum Gasteiger partial charge on any atom is -1.00 e. The Morgan fingerprint density at radius 2 is 1.11 bits per heavy atom. The number of carbonyl (C=O) groups excluding carboxylic acids is 2. The van der Waals surface area contributed by atoms with Crippen molar-refractivity contribution in [2.24, 2.45) is 16.5 Å². The Hall–Kier alpha value is -0.590. The smallest absolute Gasteiger partial charge is 1.00 e. The average molecular weight is 408 g/mol. The Morgan fingerprint density at radius 1 is 0.714 bits per heavy atom. The number of unbranched alkanes of at least 4 members (excludes halogenated alkanes) is 14. The maximum Gasteiger partial charge on any atom is 1.00 e. The molecule has 0 bridgehead atoms. The molecule has 0 aliphatic rings. The molecule has 0 aromatic rings. The normalized spacial score (nSPS) is 10.2. The average Bonchev–Trinajstić information content (AvgIpc) is 2.63. The van der Waals surface area contributed by atoms with Crippen molar-refractivity contribution >= 4 is 17.9 Å². The van der Waals surface area contributed by atoms with Crippen molar-refractivity contribution < 1.29 is 45.3 Å². The van der Waals surface area contributed by atoms with Gasteiger partial charge < -0.3 is 17.6 Å². The number of aliphatic imine (C=N–C) groups is 1. The number of esters is 2. The number of nitrogens with zero attached hydrogens (tertiary/aromatic N) is 1. The summed E-state index contributed by atoms with van der Waals surface area (Å²) in [5, 5.41) is 0. The predicted octanol–water partition coefficient (Wildman–Crippen LogP) is 1.71. The van der Waals surface area contributed by atoms with Crippen molar-refractivity contribution in [3.05, 3.63) is 0 Å². The second-order valence-electron chi connectivity index (χ2n) is 7.29. The van der Waals surface area contributed by atoms with Gasteiger partial charge in [0.25, 0.3) is 0 Å². The van der Waals surface area contributed by atoms with Gasteiger partial charge in [-0.1, -0.05) is 96.8 Å². The van der Waals surface area contributed by atoms with Crippen LogP contribution in [0.5, 0.6) is 0 Å². The molecule has 0 spiro atoms. The Labute approximate surface area is 195 Å². The molecule has 7 heteroatoms. The van der Waals surface area contributed by atoms with Crippen LogP contribution in [0.15, 0.2) is 4.99 Å². The number of rotatable bonds is 18. The molecule has 0 amide bonds. The number of guanidine groups is 1. The predicted molar refractivity (Wildman–Crippen MR) is 112 cm³/mol. The standard InChI is InChI=1S/C21H41N3O3.Na.H/c1-2-3-4-5-6-7-8-9-10-11-12-13-14-15-16-17-19(25)27-20(26)18-24-21(22)23;;/h2-18H2,1H3,(H4,22,23,24);;/q;+1;-1. The number of hydrogen-bond donors (Lipinski definition) is 2. The van der Waals surface area contributed by atoms with Crippen molar-refractivity contribution in [1.82, 2.24) is 0 Å². The fourth-order valence-electron chi connectivity index (χ4n) is 3.01. The fourth-order valence-corrected chi connectivity index (χ4v) is 3.01. The summed E-state index contributed by atoms with van der Waals surface area (Å²) in [5.41, 5.74) is 10.2. The summed E-state index contributed by atoms with van der Waals surface area (Å²) in [6.45, 7) is 1.95. The molecule has 0 aromatic heterocycles. The molecule has 0 aromatic carbocycles. The Balaban J connectivity index is -0.00000338. The minimum absolute atomic E-state index is 0. The van der Waals surface area contributed by atoms with Gasteiger partial charge in [0.1, 0.15) is 6.54 Å². The number of ether oxygens (including phenoxy) is 1. The van der Waals surface area contributed by atoms with E-state index in [-0.39, 0.29) is 49.9 Å². The van der Waals surface area contributed by atoms with E-state index in [1.165, 1.54) is 77.0 Å². The molecule has 4 N–H and O–H groups in total. The SMILES string of the molecule is CCCCCCCCCCCCCCCCCC(=O)OC(=O)CN=C(N)N.[H-].[Na+]. The zero-order valence-corrected chi connectivity index (χ0v) is 20.3. The summed E-state index contributed by atoms with van der Waals surface area (Å²) in [6, 6.07) is 0. The number of nitrogens with two attached hydrogens (primary N) is 2. The van der Waals surface area contributed by atoms with Crippen LogP contribution in [0.1, 0.15) is 111 Å². The third-order valence-electron chi connectivity index (χ3n) is 4.60. The van der Waals surface area contributed by atoms with Gasteiger partial charge in [-0.25, -0.2) is 9.79 Å². The van der Waals surface area contributed by atoms with Gasteiger partial charge in [-0.2, -0.15) is 0 Å². The Morgan fingerprint density at radius 3 is 1.50 bits per heavy atom. The zero-order chi connectivity index (χ0) is 20.2. The molecule has 0 radical (unpaired) electrons. The van der Waals surface area contributed by atoms with Crippen LogP contribution in [0.3, 0.4) is 0 Å². The van der Waals surface area contributed by atoms with Crippen LogP contribution in [-0.2, 0) is 14.3 Å². The van der Waals surface area contributed by atoms with Gasteiger partial charge >= 0.3 is 41.5 Å². The molecule has 0 rings (SSSR count). The van der Waals surface area contributed by atoms with E-state index >= 15 is 0 Å². The van der Waals surface area contributed by atoms with E-state index in [1.807, 2.05) is 0 Å². The molecule has 160 valence electrons. The molecule has 0 aliphatic heterocycles. The Bertz CT molecular complexity index is 420. The molecule has 28 heavy (non-hydrogen) atoms. The molecular weight excluding hydrogens is 365 g/mol. The monoisotopic (exact) mass is 407 g/mol. The van der Waals surface area contributed by atoms with Crippen LogP contribution in [0.25, 0.3) is 0 Å². The van der Waals surface area contributed by atoms with E-state index in [9.17, 15) is 9.59 Å². The summed E-state index contributed by atoms with van der Waals surface area (Å²) >= 11 is 0. The van der Waals surface area contributed by atoms with Crippen LogP contribution in [0, 0.1) is 0 Å². The van der Waals surface area contributed by atoms with E-state index in [0.29, 0.717) is 0 Å². The van der Waals surface area contributed by atoms with Crippen molar-refractivity contribution in [2.75, 3.05) is 6.54 Å². The molecule has 0 aliphatic carbocycles. The second-order valence-corrected chi connectivity index (χ2v) is 7.29. The van der Waals surface area contributed by atoms with Gasteiger partial charge in [-0.15, -0.1) is 0 Å². The fraction of sp³-hybridized carbons (Fsp3) is 0.857. The molecule has 0 fully saturated rings. The number of carbonyl (C=O) groups is 2. The summed E-state index contributed by atoms with van der Waals surface area (Å²) in [6.07, 6.45) is 19.4. The van der Waals surface area contributed by atoms with Crippen LogP contribution in [-0.4, -0.2) is 24.4 Å². The topological polar surface area (TPSA) is 108 Å². The Kier molecular flexibility index (Phi) is 24.0. The summed E-state index contributed by atoms with van der Waals surface area (Å²) in [5.74, 6) is -1.41. The van der Waals surface area contributed by atoms with Gasteiger partial charge in [0.15, 0.2) is 5.96 Å². The van der Waals surface area contributed by atoms with Crippen molar-refractivity contribution in [2.45, 2.75) is 110 Å². The van der Waals surface area contributed by atoms with Gasteiger partial charge in [0.2, 0.25) is 0 Å². The molecular formula is C21H42N3NaO3. The maximum absolute atomic E-state index is 11.5. The van der Waals surface area contributed by atoms with Crippen LogP contribution in [0.2, 0.25) is 0 Å². The zero-order valence-electron chi connectivity index (χ0n) is 19.3. The van der Waals surface area contributed by atoms with Crippen LogP contribution >= 0.6 is 0 Å². The first kappa shape index (κ1) is 29.6. The van der Waals surface area contributed by atoms with Gasteiger partial charge in [0, 0.05) is 6.42 Å².